The van der Waals surface area contributed by atoms with Crippen LogP contribution in [-0.2, 0) is 4.79 Å². The number of amides is 1. The molecule has 0 unspecified atom stereocenters. The van der Waals surface area contributed by atoms with Crippen molar-refractivity contribution >= 4 is 17.7 Å². The van der Waals surface area contributed by atoms with Crippen LogP contribution in [0.5, 0.6) is 0 Å². The molecule has 1 heterocycles. The van der Waals surface area contributed by atoms with E-state index in [9.17, 15) is 4.79 Å². The number of hydrogen-bond acceptors (Lipinski definition) is 5. The second-order valence-electron chi connectivity index (χ2n) is 4.72. The van der Waals surface area contributed by atoms with Gasteiger partial charge >= 0.3 is 0 Å². The van der Waals surface area contributed by atoms with Crippen molar-refractivity contribution in [3.05, 3.63) is 29.3 Å². The van der Waals surface area contributed by atoms with Crippen molar-refractivity contribution in [2.45, 2.75) is 19.0 Å². The molecule has 0 aliphatic heterocycles. The third-order valence-electron chi connectivity index (χ3n) is 3.00. The lowest BCUT2D eigenvalue weighted by atomic mass is 10.1. The highest BCUT2D eigenvalue weighted by Crippen LogP contribution is 2.20. The minimum Gasteiger partial charge on any atom is -0.348 e. The number of nitrogens with zero attached hydrogens (tertiary/aromatic N) is 5. The summed E-state index contributed by atoms with van der Waals surface area (Å²) in [6.45, 7) is 4.11. The number of tetrazole rings is 1. The highest BCUT2D eigenvalue weighted by Gasteiger charge is 2.12. The Hall–Kier alpha value is -1.89. The zero-order valence-electron chi connectivity index (χ0n) is 12.0. The van der Waals surface area contributed by atoms with E-state index in [1.807, 2.05) is 25.1 Å². The lowest BCUT2D eigenvalue weighted by Gasteiger charge is -2.10. The lowest BCUT2D eigenvalue weighted by Crippen LogP contribution is -2.23. The summed E-state index contributed by atoms with van der Waals surface area (Å²) in [6.07, 6.45) is 0. The summed E-state index contributed by atoms with van der Waals surface area (Å²) < 4.78 is 1.65. The molecular weight excluding hydrogens is 274 g/mol. The largest absolute Gasteiger partial charge is 0.348 e. The van der Waals surface area contributed by atoms with Gasteiger partial charge in [0.05, 0.1) is 11.4 Å². The van der Waals surface area contributed by atoms with E-state index in [-0.39, 0.29) is 5.91 Å². The molecule has 6 nitrogen and oxygen atoms in total. The summed E-state index contributed by atoms with van der Waals surface area (Å²) in [5.74, 6) is 0.350. The van der Waals surface area contributed by atoms with Gasteiger partial charge < -0.3 is 4.90 Å². The molecule has 0 N–H and O–H groups in total. The summed E-state index contributed by atoms with van der Waals surface area (Å²) >= 11 is 1.33. The number of hydrogen-bond donors (Lipinski definition) is 0. The van der Waals surface area contributed by atoms with E-state index in [1.54, 1.807) is 23.7 Å². The van der Waals surface area contributed by atoms with E-state index in [1.165, 1.54) is 22.9 Å². The number of rotatable bonds is 4. The Kier molecular flexibility index (Phi) is 4.39. The first kappa shape index (κ1) is 14.5. The highest BCUT2D eigenvalue weighted by atomic mass is 32.2. The van der Waals surface area contributed by atoms with Crippen LogP contribution in [0.2, 0.25) is 0 Å². The van der Waals surface area contributed by atoms with Crippen molar-refractivity contribution in [2.75, 3.05) is 19.8 Å². The first-order valence-corrected chi connectivity index (χ1v) is 7.16. The quantitative estimate of drug-likeness (QED) is 0.798. The van der Waals surface area contributed by atoms with Crippen molar-refractivity contribution in [3.63, 3.8) is 0 Å². The van der Waals surface area contributed by atoms with Gasteiger partial charge in [-0.25, -0.2) is 0 Å². The molecule has 0 fully saturated rings. The maximum atomic E-state index is 11.6. The van der Waals surface area contributed by atoms with Gasteiger partial charge in [0.1, 0.15) is 0 Å². The van der Waals surface area contributed by atoms with Crippen LogP contribution < -0.4 is 0 Å². The first-order chi connectivity index (χ1) is 9.49. The summed E-state index contributed by atoms with van der Waals surface area (Å²) in [5.41, 5.74) is 3.30. The predicted molar refractivity (Wildman–Crippen MR) is 78.0 cm³/mol. The molecule has 20 heavy (non-hydrogen) atoms. The van der Waals surface area contributed by atoms with Crippen LogP contribution in [0.1, 0.15) is 11.1 Å². The molecule has 0 bridgehead atoms. The SMILES string of the molecule is Cc1ccc(-n2nnnc2SCC(=O)N(C)C)cc1C. The predicted octanol–water partition coefficient (Wildman–Crippen LogP) is 1.46. The van der Waals surface area contributed by atoms with Crippen molar-refractivity contribution in [2.24, 2.45) is 0 Å². The lowest BCUT2D eigenvalue weighted by molar-refractivity contribution is -0.125. The third kappa shape index (κ3) is 3.16. The zero-order valence-corrected chi connectivity index (χ0v) is 12.8. The van der Waals surface area contributed by atoms with Crippen LogP contribution in [0, 0.1) is 13.8 Å². The highest BCUT2D eigenvalue weighted by molar-refractivity contribution is 7.99. The summed E-state index contributed by atoms with van der Waals surface area (Å²) in [4.78, 5) is 13.2. The molecule has 0 aliphatic carbocycles. The minimum atomic E-state index is 0.0321. The van der Waals surface area contributed by atoms with Crippen molar-refractivity contribution in [1.29, 1.82) is 0 Å². The zero-order chi connectivity index (χ0) is 14.7. The fourth-order valence-electron chi connectivity index (χ4n) is 1.54. The fourth-order valence-corrected chi connectivity index (χ4v) is 2.41. The van der Waals surface area contributed by atoms with E-state index >= 15 is 0 Å². The number of benzene rings is 1. The molecule has 106 valence electrons. The normalized spacial score (nSPS) is 10.6. The summed E-state index contributed by atoms with van der Waals surface area (Å²) in [6, 6.07) is 6.03. The Balaban J connectivity index is 2.20. The number of carbonyl (C=O) groups is 1. The van der Waals surface area contributed by atoms with Gasteiger partial charge in [0.2, 0.25) is 11.1 Å². The smallest absolute Gasteiger partial charge is 0.232 e. The Morgan fingerprint density at radius 3 is 2.70 bits per heavy atom. The van der Waals surface area contributed by atoms with Gasteiger partial charge in [-0.1, -0.05) is 17.8 Å². The van der Waals surface area contributed by atoms with E-state index in [0.717, 1.165) is 5.69 Å². The van der Waals surface area contributed by atoms with E-state index < -0.39 is 0 Å². The van der Waals surface area contributed by atoms with Gasteiger partial charge in [0, 0.05) is 14.1 Å². The van der Waals surface area contributed by atoms with Crippen LogP contribution >= 0.6 is 11.8 Å². The van der Waals surface area contributed by atoms with E-state index in [0.29, 0.717) is 10.9 Å². The monoisotopic (exact) mass is 291 g/mol. The van der Waals surface area contributed by atoms with Crippen LogP contribution in [-0.4, -0.2) is 50.9 Å². The topological polar surface area (TPSA) is 63.9 Å². The second-order valence-corrected chi connectivity index (χ2v) is 5.66. The maximum Gasteiger partial charge on any atom is 0.232 e. The summed E-state index contributed by atoms with van der Waals surface area (Å²) in [7, 11) is 3.46. The Labute approximate surface area is 122 Å². The van der Waals surface area contributed by atoms with Crippen LogP contribution in [0.15, 0.2) is 23.4 Å². The Morgan fingerprint density at radius 1 is 1.30 bits per heavy atom. The minimum absolute atomic E-state index is 0.0321. The molecule has 0 aliphatic rings. The molecule has 2 aromatic rings. The van der Waals surface area contributed by atoms with Crippen molar-refractivity contribution in [3.8, 4) is 5.69 Å². The second kappa shape index (κ2) is 6.04. The molecule has 0 atom stereocenters. The molecule has 0 saturated carbocycles. The third-order valence-corrected chi connectivity index (χ3v) is 3.90. The van der Waals surface area contributed by atoms with E-state index in [4.69, 9.17) is 0 Å². The van der Waals surface area contributed by atoms with Crippen molar-refractivity contribution < 1.29 is 4.79 Å². The molecule has 0 radical (unpaired) electrons. The fraction of sp³-hybridized carbons (Fsp3) is 0.385. The molecule has 0 spiro atoms. The molecule has 7 heteroatoms. The maximum absolute atomic E-state index is 11.6. The molecule has 1 aromatic heterocycles. The van der Waals surface area contributed by atoms with Gasteiger partial charge in [-0.2, -0.15) is 4.68 Å². The Bertz CT molecular complexity index is 623. The molecule has 0 saturated heterocycles. The molecular formula is C13H17N5OS. The van der Waals surface area contributed by atoms with Crippen LogP contribution in [0.3, 0.4) is 0 Å². The average Bonchev–Trinajstić information content (AvgIpc) is 2.87. The average molecular weight is 291 g/mol. The number of aryl methyl sites for hydroxylation is 2. The standard InChI is InChI=1S/C13H17N5OS/c1-9-5-6-11(7-10(9)2)18-13(14-15-16-18)20-8-12(19)17(3)4/h5-7H,8H2,1-4H3. The van der Waals surface area contributed by atoms with Crippen LogP contribution in [0.4, 0.5) is 0 Å². The number of aromatic nitrogens is 4. The van der Waals surface area contributed by atoms with E-state index in [2.05, 4.69) is 22.4 Å². The molecule has 1 aromatic carbocycles. The van der Waals surface area contributed by atoms with Gasteiger partial charge in [-0.15, -0.1) is 5.10 Å². The summed E-state index contributed by atoms with van der Waals surface area (Å²) in [5, 5.41) is 12.3. The first-order valence-electron chi connectivity index (χ1n) is 6.18. The van der Waals surface area contributed by atoms with Gasteiger partial charge in [-0.05, 0) is 47.5 Å². The van der Waals surface area contributed by atoms with Gasteiger partial charge in [0.15, 0.2) is 0 Å². The Morgan fingerprint density at radius 2 is 2.05 bits per heavy atom. The van der Waals surface area contributed by atoms with Gasteiger partial charge in [-0.3, -0.25) is 4.79 Å². The number of carbonyl (C=O) groups excluding carboxylic acids is 1. The number of thioether (sulfide) groups is 1. The van der Waals surface area contributed by atoms with Gasteiger partial charge in [0.25, 0.3) is 0 Å². The molecule has 1 amide bonds. The van der Waals surface area contributed by atoms with Crippen molar-refractivity contribution in [1.82, 2.24) is 25.1 Å². The van der Waals surface area contributed by atoms with Crippen LogP contribution in [0.25, 0.3) is 5.69 Å². The molecule has 2 rings (SSSR count).